The van der Waals surface area contributed by atoms with Crippen LogP contribution in [0.3, 0.4) is 0 Å². The number of hydrogen-bond acceptors (Lipinski definition) is 2. The maximum Gasteiger partial charge on any atom is 0.00899 e. The van der Waals surface area contributed by atoms with E-state index < -0.39 is 0 Å². The zero-order chi connectivity index (χ0) is 10.8. The van der Waals surface area contributed by atoms with Gasteiger partial charge in [-0.3, -0.25) is 0 Å². The van der Waals surface area contributed by atoms with Crippen molar-refractivity contribution in [2.45, 2.75) is 53.0 Å². The Hall–Kier alpha value is 0.310. The van der Waals surface area contributed by atoms with Crippen LogP contribution >= 0.6 is 11.8 Å². The molecule has 2 heteroatoms. The van der Waals surface area contributed by atoms with E-state index in [4.69, 9.17) is 0 Å². The number of nitrogens with one attached hydrogen (secondary N) is 1. The lowest BCUT2D eigenvalue weighted by Gasteiger charge is -2.23. The molecule has 0 heterocycles. The SMILES string of the molecule is CCNC(CC)C(C)CCCSCC. The van der Waals surface area contributed by atoms with Gasteiger partial charge in [0.15, 0.2) is 0 Å². The van der Waals surface area contributed by atoms with E-state index in [0.29, 0.717) is 0 Å². The summed E-state index contributed by atoms with van der Waals surface area (Å²) < 4.78 is 0. The van der Waals surface area contributed by atoms with Gasteiger partial charge in [0.2, 0.25) is 0 Å². The Kier molecular flexibility index (Phi) is 10.1. The van der Waals surface area contributed by atoms with Crippen LogP contribution in [0.4, 0.5) is 0 Å². The molecule has 14 heavy (non-hydrogen) atoms. The second-order valence-corrected chi connectivity index (χ2v) is 5.28. The summed E-state index contributed by atoms with van der Waals surface area (Å²) in [6, 6.07) is 0.728. The predicted molar refractivity (Wildman–Crippen MR) is 69.2 cm³/mol. The number of thioether (sulfide) groups is 1. The monoisotopic (exact) mass is 217 g/mol. The first kappa shape index (κ1) is 14.3. The minimum absolute atomic E-state index is 0.728. The Bertz CT molecular complexity index is 117. The van der Waals surface area contributed by atoms with Crippen molar-refractivity contribution < 1.29 is 0 Å². The third-order valence-electron chi connectivity index (χ3n) is 2.75. The lowest BCUT2D eigenvalue weighted by atomic mass is 9.95. The van der Waals surface area contributed by atoms with E-state index in [0.717, 1.165) is 18.5 Å². The highest BCUT2D eigenvalue weighted by Crippen LogP contribution is 2.15. The fraction of sp³-hybridized carbons (Fsp3) is 1.00. The summed E-state index contributed by atoms with van der Waals surface area (Å²) in [5.74, 6) is 3.43. The molecule has 2 unspecified atom stereocenters. The van der Waals surface area contributed by atoms with Crippen molar-refractivity contribution >= 4 is 11.8 Å². The first-order valence-electron chi connectivity index (χ1n) is 6.07. The van der Waals surface area contributed by atoms with Gasteiger partial charge in [-0.05, 0) is 43.2 Å². The van der Waals surface area contributed by atoms with Gasteiger partial charge in [-0.25, -0.2) is 0 Å². The van der Waals surface area contributed by atoms with Gasteiger partial charge in [0.1, 0.15) is 0 Å². The van der Waals surface area contributed by atoms with Gasteiger partial charge in [-0.15, -0.1) is 0 Å². The van der Waals surface area contributed by atoms with Gasteiger partial charge in [0, 0.05) is 6.04 Å². The molecule has 2 atom stereocenters. The van der Waals surface area contributed by atoms with Crippen LogP contribution in [-0.2, 0) is 0 Å². The van der Waals surface area contributed by atoms with Crippen LogP contribution in [0, 0.1) is 5.92 Å². The van der Waals surface area contributed by atoms with E-state index in [2.05, 4.69) is 44.8 Å². The quantitative estimate of drug-likeness (QED) is 0.593. The van der Waals surface area contributed by atoms with Crippen LogP contribution in [-0.4, -0.2) is 24.1 Å². The molecule has 0 aliphatic carbocycles. The number of hydrogen-bond donors (Lipinski definition) is 1. The molecular weight excluding hydrogens is 190 g/mol. The molecular formula is C12H27NS. The van der Waals surface area contributed by atoms with Crippen molar-refractivity contribution in [2.24, 2.45) is 5.92 Å². The van der Waals surface area contributed by atoms with Crippen molar-refractivity contribution in [1.29, 1.82) is 0 Å². The van der Waals surface area contributed by atoms with Crippen LogP contribution in [0.2, 0.25) is 0 Å². The molecule has 0 fully saturated rings. The summed E-state index contributed by atoms with van der Waals surface area (Å²) in [6.45, 7) is 10.2. The van der Waals surface area contributed by atoms with E-state index in [1.807, 2.05) is 0 Å². The standard InChI is InChI=1S/C12H27NS/c1-5-12(13-6-2)11(4)9-8-10-14-7-3/h11-13H,5-10H2,1-4H3. The minimum Gasteiger partial charge on any atom is -0.314 e. The predicted octanol–water partition coefficient (Wildman–Crippen LogP) is 3.54. The van der Waals surface area contributed by atoms with Gasteiger partial charge in [-0.2, -0.15) is 11.8 Å². The highest BCUT2D eigenvalue weighted by molar-refractivity contribution is 7.99. The van der Waals surface area contributed by atoms with E-state index in [1.54, 1.807) is 0 Å². The van der Waals surface area contributed by atoms with Gasteiger partial charge in [-0.1, -0.05) is 27.7 Å². The molecule has 0 spiro atoms. The summed E-state index contributed by atoms with van der Waals surface area (Å²) in [7, 11) is 0. The molecule has 0 bridgehead atoms. The Morgan fingerprint density at radius 2 is 1.93 bits per heavy atom. The fourth-order valence-corrected chi connectivity index (χ4v) is 2.52. The van der Waals surface area contributed by atoms with Gasteiger partial charge < -0.3 is 5.32 Å². The second kappa shape index (κ2) is 9.85. The maximum absolute atomic E-state index is 3.57. The smallest absolute Gasteiger partial charge is 0.00899 e. The highest BCUT2D eigenvalue weighted by atomic mass is 32.2. The molecule has 1 nitrogen and oxygen atoms in total. The van der Waals surface area contributed by atoms with Crippen LogP contribution in [0.15, 0.2) is 0 Å². The Morgan fingerprint density at radius 1 is 1.21 bits per heavy atom. The van der Waals surface area contributed by atoms with E-state index >= 15 is 0 Å². The van der Waals surface area contributed by atoms with E-state index in [-0.39, 0.29) is 0 Å². The molecule has 0 aromatic carbocycles. The third-order valence-corrected chi connectivity index (χ3v) is 3.73. The zero-order valence-electron chi connectivity index (χ0n) is 10.3. The zero-order valence-corrected chi connectivity index (χ0v) is 11.1. The van der Waals surface area contributed by atoms with Crippen LogP contribution in [0.25, 0.3) is 0 Å². The van der Waals surface area contributed by atoms with Crippen LogP contribution in [0.5, 0.6) is 0 Å². The molecule has 0 aliphatic rings. The molecule has 0 saturated heterocycles. The summed E-state index contributed by atoms with van der Waals surface area (Å²) in [5.41, 5.74) is 0. The molecule has 0 saturated carbocycles. The molecule has 1 N–H and O–H groups in total. The van der Waals surface area contributed by atoms with Gasteiger partial charge in [0.05, 0.1) is 0 Å². The molecule has 86 valence electrons. The van der Waals surface area contributed by atoms with Crippen LogP contribution in [0.1, 0.15) is 47.0 Å². The summed E-state index contributed by atoms with van der Waals surface area (Å²) in [5, 5.41) is 3.57. The normalized spacial score (nSPS) is 15.4. The molecule has 0 radical (unpaired) electrons. The molecule has 0 amide bonds. The Labute approximate surface area is 94.4 Å². The lowest BCUT2D eigenvalue weighted by Crippen LogP contribution is -2.34. The summed E-state index contributed by atoms with van der Waals surface area (Å²) in [4.78, 5) is 0. The van der Waals surface area contributed by atoms with E-state index in [1.165, 1.54) is 30.8 Å². The second-order valence-electron chi connectivity index (χ2n) is 3.89. The molecule has 0 aliphatic heterocycles. The van der Waals surface area contributed by atoms with Crippen LogP contribution < -0.4 is 5.32 Å². The first-order valence-corrected chi connectivity index (χ1v) is 7.22. The minimum atomic E-state index is 0.728. The fourth-order valence-electron chi connectivity index (χ4n) is 1.86. The summed E-state index contributed by atoms with van der Waals surface area (Å²) >= 11 is 2.06. The highest BCUT2D eigenvalue weighted by Gasteiger charge is 2.13. The first-order chi connectivity index (χ1) is 6.76. The largest absolute Gasteiger partial charge is 0.314 e. The van der Waals surface area contributed by atoms with Crippen molar-refractivity contribution in [3.05, 3.63) is 0 Å². The Morgan fingerprint density at radius 3 is 2.43 bits per heavy atom. The van der Waals surface area contributed by atoms with Gasteiger partial charge in [0.25, 0.3) is 0 Å². The third kappa shape index (κ3) is 6.72. The van der Waals surface area contributed by atoms with Crippen molar-refractivity contribution in [3.63, 3.8) is 0 Å². The molecule has 0 rings (SSSR count). The molecule has 0 aromatic heterocycles. The average Bonchev–Trinajstić information content (AvgIpc) is 2.20. The van der Waals surface area contributed by atoms with Crippen molar-refractivity contribution in [1.82, 2.24) is 5.32 Å². The van der Waals surface area contributed by atoms with E-state index in [9.17, 15) is 0 Å². The van der Waals surface area contributed by atoms with Gasteiger partial charge >= 0.3 is 0 Å². The number of rotatable bonds is 9. The van der Waals surface area contributed by atoms with Crippen molar-refractivity contribution in [3.8, 4) is 0 Å². The van der Waals surface area contributed by atoms with Crippen molar-refractivity contribution in [2.75, 3.05) is 18.1 Å². The summed E-state index contributed by atoms with van der Waals surface area (Å²) in [6.07, 6.45) is 4.01. The maximum atomic E-state index is 3.57. The average molecular weight is 217 g/mol. The lowest BCUT2D eigenvalue weighted by molar-refractivity contribution is 0.352. The topological polar surface area (TPSA) is 12.0 Å². The Balaban J connectivity index is 3.52. The molecule has 0 aromatic rings.